The van der Waals surface area contributed by atoms with Crippen molar-refractivity contribution in [3.05, 3.63) is 24.0 Å². The monoisotopic (exact) mass is 237 g/mol. The molecule has 1 fully saturated rings. The lowest BCUT2D eigenvalue weighted by molar-refractivity contribution is -0.129. The van der Waals surface area contributed by atoms with Crippen LogP contribution in [0.5, 0.6) is 0 Å². The molecule has 6 nitrogen and oxygen atoms in total. The van der Waals surface area contributed by atoms with E-state index in [1.807, 2.05) is 0 Å². The van der Waals surface area contributed by atoms with Crippen molar-refractivity contribution < 1.29 is 14.7 Å². The van der Waals surface area contributed by atoms with Gasteiger partial charge in [-0.05, 0) is 19.1 Å². The summed E-state index contributed by atoms with van der Waals surface area (Å²) in [5, 5.41) is 11.8. The van der Waals surface area contributed by atoms with Crippen LogP contribution in [0.15, 0.2) is 18.3 Å². The number of H-pyrrole nitrogens is 1. The van der Waals surface area contributed by atoms with Crippen LogP contribution in [0.25, 0.3) is 0 Å². The molecule has 3 N–H and O–H groups in total. The SMILES string of the molecule is CC1(O)CN(CC(=O)NC(=O)c2ccc[nH]2)C1. The first kappa shape index (κ1) is 11.8. The summed E-state index contributed by atoms with van der Waals surface area (Å²) >= 11 is 0. The first-order chi connectivity index (χ1) is 7.96. The number of imide groups is 1. The first-order valence-electron chi connectivity index (χ1n) is 5.39. The molecule has 2 rings (SSSR count). The predicted octanol–water partition coefficient (Wildman–Crippen LogP) is -0.662. The maximum Gasteiger partial charge on any atom is 0.274 e. The molecule has 2 amide bonds. The van der Waals surface area contributed by atoms with Gasteiger partial charge in [-0.2, -0.15) is 0 Å². The second-order valence-electron chi connectivity index (χ2n) is 4.60. The van der Waals surface area contributed by atoms with Gasteiger partial charge in [0.15, 0.2) is 0 Å². The maximum absolute atomic E-state index is 11.5. The van der Waals surface area contributed by atoms with Crippen LogP contribution in [-0.2, 0) is 4.79 Å². The fourth-order valence-electron chi connectivity index (χ4n) is 1.94. The average molecular weight is 237 g/mol. The number of nitrogens with zero attached hydrogens (tertiary/aromatic N) is 1. The number of amides is 2. The largest absolute Gasteiger partial charge is 0.388 e. The van der Waals surface area contributed by atoms with Crippen LogP contribution in [0.2, 0.25) is 0 Å². The van der Waals surface area contributed by atoms with Gasteiger partial charge in [0.1, 0.15) is 5.69 Å². The number of hydrogen-bond donors (Lipinski definition) is 3. The third-order valence-electron chi connectivity index (χ3n) is 2.59. The standard InChI is InChI=1S/C11H15N3O3/c1-11(17)6-14(7-11)5-9(15)13-10(16)8-3-2-4-12-8/h2-4,12,17H,5-7H2,1H3,(H,13,15,16). The number of β-amino-alcohol motifs (C(OH)–C–C–N with tert-alkyl or cyclic N) is 1. The van der Waals surface area contributed by atoms with E-state index in [2.05, 4.69) is 10.3 Å². The molecule has 0 unspecified atom stereocenters. The molecule has 1 aromatic heterocycles. The van der Waals surface area contributed by atoms with Crippen LogP contribution in [0.4, 0.5) is 0 Å². The highest BCUT2D eigenvalue weighted by molar-refractivity contribution is 6.04. The van der Waals surface area contributed by atoms with Crippen molar-refractivity contribution in [2.75, 3.05) is 19.6 Å². The van der Waals surface area contributed by atoms with E-state index in [1.165, 1.54) is 0 Å². The van der Waals surface area contributed by atoms with E-state index in [9.17, 15) is 14.7 Å². The number of rotatable bonds is 3. The minimum atomic E-state index is -0.705. The van der Waals surface area contributed by atoms with E-state index in [-0.39, 0.29) is 12.5 Å². The molecule has 1 saturated heterocycles. The highest BCUT2D eigenvalue weighted by Crippen LogP contribution is 2.18. The second-order valence-corrected chi connectivity index (χ2v) is 4.60. The van der Waals surface area contributed by atoms with E-state index in [0.717, 1.165) is 0 Å². The number of aromatic amines is 1. The Balaban J connectivity index is 1.77. The van der Waals surface area contributed by atoms with Crippen LogP contribution >= 0.6 is 0 Å². The summed E-state index contributed by atoms with van der Waals surface area (Å²) in [6, 6.07) is 3.28. The summed E-state index contributed by atoms with van der Waals surface area (Å²) in [6.45, 7) is 2.75. The summed E-state index contributed by atoms with van der Waals surface area (Å²) < 4.78 is 0. The van der Waals surface area contributed by atoms with Crippen LogP contribution in [0.1, 0.15) is 17.4 Å². The molecule has 92 valence electrons. The van der Waals surface area contributed by atoms with Gasteiger partial charge in [0.2, 0.25) is 5.91 Å². The highest BCUT2D eigenvalue weighted by atomic mass is 16.3. The fourth-order valence-corrected chi connectivity index (χ4v) is 1.94. The van der Waals surface area contributed by atoms with Gasteiger partial charge in [0, 0.05) is 19.3 Å². The zero-order chi connectivity index (χ0) is 12.5. The third kappa shape index (κ3) is 2.92. The Kier molecular flexibility index (Phi) is 2.99. The number of aromatic nitrogens is 1. The molecular formula is C11H15N3O3. The lowest BCUT2D eigenvalue weighted by atomic mass is 9.97. The Hall–Kier alpha value is -1.66. The number of carbonyl (C=O) groups excluding carboxylic acids is 2. The molecule has 0 radical (unpaired) electrons. The van der Waals surface area contributed by atoms with E-state index < -0.39 is 11.5 Å². The molecule has 0 saturated carbocycles. The van der Waals surface area contributed by atoms with Crippen molar-refractivity contribution in [1.82, 2.24) is 15.2 Å². The van der Waals surface area contributed by atoms with Crippen LogP contribution in [0.3, 0.4) is 0 Å². The minimum Gasteiger partial charge on any atom is -0.388 e. The summed E-state index contributed by atoms with van der Waals surface area (Å²) in [5.74, 6) is -0.799. The van der Waals surface area contributed by atoms with Gasteiger partial charge in [-0.1, -0.05) is 0 Å². The smallest absolute Gasteiger partial charge is 0.274 e. The van der Waals surface area contributed by atoms with Crippen molar-refractivity contribution in [2.24, 2.45) is 0 Å². The Morgan fingerprint density at radius 2 is 2.29 bits per heavy atom. The second kappa shape index (κ2) is 4.31. The topological polar surface area (TPSA) is 85.4 Å². The molecule has 17 heavy (non-hydrogen) atoms. The maximum atomic E-state index is 11.5. The van der Waals surface area contributed by atoms with Crippen LogP contribution < -0.4 is 5.32 Å². The molecule has 6 heteroatoms. The summed E-state index contributed by atoms with van der Waals surface area (Å²) in [4.78, 5) is 27.5. The molecule has 0 bridgehead atoms. The summed E-state index contributed by atoms with van der Waals surface area (Å²) in [6.07, 6.45) is 1.62. The number of aliphatic hydroxyl groups is 1. The van der Waals surface area contributed by atoms with Gasteiger partial charge in [0.25, 0.3) is 5.91 Å². The van der Waals surface area contributed by atoms with Crippen molar-refractivity contribution in [1.29, 1.82) is 0 Å². The Morgan fingerprint density at radius 1 is 1.59 bits per heavy atom. The van der Waals surface area contributed by atoms with E-state index in [4.69, 9.17) is 0 Å². The van der Waals surface area contributed by atoms with Gasteiger partial charge in [-0.15, -0.1) is 0 Å². The predicted molar refractivity (Wildman–Crippen MR) is 60.3 cm³/mol. The van der Waals surface area contributed by atoms with Gasteiger partial charge in [0.05, 0.1) is 12.1 Å². The third-order valence-corrected chi connectivity index (χ3v) is 2.59. The van der Waals surface area contributed by atoms with Gasteiger partial charge in [-0.25, -0.2) is 0 Å². The van der Waals surface area contributed by atoms with Crippen molar-refractivity contribution >= 4 is 11.8 Å². The lowest BCUT2D eigenvalue weighted by Crippen LogP contribution is -2.61. The molecule has 0 aromatic carbocycles. The molecule has 0 atom stereocenters. The molecule has 1 aliphatic rings. The quantitative estimate of drug-likeness (QED) is 0.651. The molecule has 1 aliphatic heterocycles. The van der Waals surface area contributed by atoms with Crippen molar-refractivity contribution in [3.63, 3.8) is 0 Å². The molecule has 0 spiro atoms. The molecular weight excluding hydrogens is 222 g/mol. The van der Waals surface area contributed by atoms with Crippen molar-refractivity contribution in [3.8, 4) is 0 Å². The van der Waals surface area contributed by atoms with E-state index in [1.54, 1.807) is 30.2 Å². The number of hydrogen-bond acceptors (Lipinski definition) is 4. The minimum absolute atomic E-state index is 0.128. The van der Waals surface area contributed by atoms with Gasteiger partial charge < -0.3 is 10.1 Å². The lowest BCUT2D eigenvalue weighted by Gasteiger charge is -2.43. The molecule has 0 aliphatic carbocycles. The average Bonchev–Trinajstić information content (AvgIpc) is 2.66. The molecule has 1 aromatic rings. The van der Waals surface area contributed by atoms with Gasteiger partial charge >= 0.3 is 0 Å². The summed E-state index contributed by atoms with van der Waals surface area (Å²) in [5.41, 5.74) is -0.349. The summed E-state index contributed by atoms with van der Waals surface area (Å²) in [7, 11) is 0. The zero-order valence-corrected chi connectivity index (χ0v) is 9.56. The Bertz CT molecular complexity index is 417. The number of likely N-dealkylation sites (tertiary alicyclic amines) is 1. The van der Waals surface area contributed by atoms with Crippen LogP contribution in [0, 0.1) is 0 Å². The van der Waals surface area contributed by atoms with Crippen molar-refractivity contribution in [2.45, 2.75) is 12.5 Å². The van der Waals surface area contributed by atoms with E-state index >= 15 is 0 Å². The zero-order valence-electron chi connectivity index (χ0n) is 9.56. The van der Waals surface area contributed by atoms with Gasteiger partial charge in [-0.3, -0.25) is 19.8 Å². The fraction of sp³-hybridized carbons (Fsp3) is 0.455. The number of nitrogens with one attached hydrogen (secondary N) is 2. The van der Waals surface area contributed by atoms with Crippen LogP contribution in [-0.4, -0.2) is 52.0 Å². The van der Waals surface area contributed by atoms with E-state index in [0.29, 0.717) is 18.8 Å². The molecule has 2 heterocycles. The highest BCUT2D eigenvalue weighted by Gasteiger charge is 2.37. The number of carbonyl (C=O) groups is 2. The first-order valence-corrected chi connectivity index (χ1v) is 5.39. The normalized spacial score (nSPS) is 18.5. The Morgan fingerprint density at radius 3 is 2.82 bits per heavy atom. The Labute approximate surface area is 98.6 Å².